The minimum absolute atomic E-state index is 0.0883. The third-order valence-corrected chi connectivity index (χ3v) is 4.13. The summed E-state index contributed by atoms with van der Waals surface area (Å²) in [4.78, 5) is 12.2. The van der Waals surface area contributed by atoms with Crippen LogP contribution in [0.15, 0.2) is 0 Å². The molecule has 0 aromatic carbocycles. The molecule has 18 heavy (non-hydrogen) atoms. The number of hydrogen-bond acceptors (Lipinski definition) is 3. The van der Waals surface area contributed by atoms with E-state index < -0.39 is 0 Å². The largest absolute Gasteiger partial charge is 0.395 e. The Morgan fingerprint density at radius 2 is 2.11 bits per heavy atom. The maximum Gasteiger partial charge on any atom is 0.223 e. The zero-order valence-corrected chi connectivity index (χ0v) is 11.9. The van der Waals surface area contributed by atoms with Crippen LogP contribution in [0.25, 0.3) is 0 Å². The van der Waals surface area contributed by atoms with Gasteiger partial charge in [0.2, 0.25) is 5.91 Å². The SMILES string of the molecule is CC(C)[C@@H]1CC[C@@H](C)C[C@H]1C(=O)NC[C@@H](N)CO. The van der Waals surface area contributed by atoms with Crippen molar-refractivity contribution < 1.29 is 9.90 Å². The van der Waals surface area contributed by atoms with E-state index in [1.54, 1.807) is 0 Å². The fourth-order valence-electron chi connectivity index (χ4n) is 2.93. The third-order valence-electron chi connectivity index (χ3n) is 4.13. The van der Waals surface area contributed by atoms with Crippen molar-refractivity contribution in [2.45, 2.75) is 46.1 Å². The van der Waals surface area contributed by atoms with E-state index in [4.69, 9.17) is 10.8 Å². The molecule has 0 bridgehead atoms. The molecule has 0 radical (unpaired) electrons. The highest BCUT2D eigenvalue weighted by Crippen LogP contribution is 2.37. The number of hydrogen-bond donors (Lipinski definition) is 3. The van der Waals surface area contributed by atoms with E-state index in [0.29, 0.717) is 24.3 Å². The predicted octanol–water partition coefficient (Wildman–Crippen LogP) is 1.13. The standard InChI is InChI=1S/C14H28N2O2/c1-9(2)12-5-4-10(3)6-13(12)14(18)16-7-11(15)8-17/h9-13,17H,4-8,15H2,1-3H3,(H,16,18)/t10-,11-,12+,13-/m1/s1. The van der Waals surface area contributed by atoms with Crippen molar-refractivity contribution in [3.63, 3.8) is 0 Å². The van der Waals surface area contributed by atoms with E-state index in [1.807, 2.05) is 0 Å². The predicted molar refractivity (Wildman–Crippen MR) is 72.9 cm³/mol. The highest BCUT2D eigenvalue weighted by Gasteiger charge is 2.35. The van der Waals surface area contributed by atoms with Crippen molar-refractivity contribution in [2.75, 3.05) is 13.2 Å². The minimum Gasteiger partial charge on any atom is -0.395 e. The quantitative estimate of drug-likeness (QED) is 0.690. The third kappa shape index (κ3) is 4.25. The molecular formula is C14H28N2O2. The van der Waals surface area contributed by atoms with Gasteiger partial charge >= 0.3 is 0 Å². The number of rotatable bonds is 5. The molecule has 1 fully saturated rings. The van der Waals surface area contributed by atoms with E-state index >= 15 is 0 Å². The van der Waals surface area contributed by atoms with Gasteiger partial charge in [-0.3, -0.25) is 4.79 Å². The molecule has 1 rings (SSSR count). The lowest BCUT2D eigenvalue weighted by Gasteiger charge is -2.36. The van der Waals surface area contributed by atoms with Crippen LogP contribution in [0, 0.1) is 23.7 Å². The summed E-state index contributed by atoms with van der Waals surface area (Å²) in [5.74, 6) is 1.87. The summed E-state index contributed by atoms with van der Waals surface area (Å²) in [5, 5.41) is 11.7. The molecular weight excluding hydrogens is 228 g/mol. The molecule has 0 spiro atoms. The normalized spacial score (nSPS) is 30.2. The fraction of sp³-hybridized carbons (Fsp3) is 0.929. The summed E-state index contributed by atoms with van der Waals surface area (Å²) in [6, 6.07) is -0.354. The molecule has 106 valence electrons. The van der Waals surface area contributed by atoms with E-state index in [0.717, 1.165) is 12.8 Å². The highest BCUT2D eigenvalue weighted by atomic mass is 16.3. The molecule has 4 heteroatoms. The van der Waals surface area contributed by atoms with Crippen molar-refractivity contribution >= 4 is 5.91 Å². The summed E-state index contributed by atoms with van der Waals surface area (Å²) in [5.41, 5.74) is 5.61. The average Bonchev–Trinajstić information content (AvgIpc) is 2.34. The number of aliphatic hydroxyl groups excluding tert-OH is 1. The van der Waals surface area contributed by atoms with Crippen LogP contribution in [0.4, 0.5) is 0 Å². The van der Waals surface area contributed by atoms with Gasteiger partial charge in [-0.2, -0.15) is 0 Å². The maximum atomic E-state index is 12.2. The molecule has 0 unspecified atom stereocenters. The summed E-state index contributed by atoms with van der Waals surface area (Å²) >= 11 is 0. The van der Waals surface area contributed by atoms with Gasteiger partial charge in [0.05, 0.1) is 6.61 Å². The summed E-state index contributed by atoms with van der Waals surface area (Å²) in [7, 11) is 0. The second kappa shape index (κ2) is 7.10. The highest BCUT2D eigenvalue weighted by molar-refractivity contribution is 5.79. The average molecular weight is 256 g/mol. The second-order valence-corrected chi connectivity index (χ2v) is 6.12. The zero-order chi connectivity index (χ0) is 13.7. The van der Waals surface area contributed by atoms with Gasteiger partial charge in [0.25, 0.3) is 0 Å². The molecule has 1 aliphatic rings. The van der Waals surface area contributed by atoms with Gasteiger partial charge in [-0.1, -0.05) is 27.2 Å². The summed E-state index contributed by atoms with van der Waals surface area (Å²) < 4.78 is 0. The van der Waals surface area contributed by atoms with E-state index in [1.165, 1.54) is 6.42 Å². The van der Waals surface area contributed by atoms with Crippen LogP contribution in [-0.4, -0.2) is 30.2 Å². The van der Waals surface area contributed by atoms with Gasteiger partial charge in [0.15, 0.2) is 0 Å². The number of carbonyl (C=O) groups excluding carboxylic acids is 1. The van der Waals surface area contributed by atoms with Crippen LogP contribution in [0.3, 0.4) is 0 Å². The second-order valence-electron chi connectivity index (χ2n) is 6.12. The monoisotopic (exact) mass is 256 g/mol. The van der Waals surface area contributed by atoms with Crippen molar-refractivity contribution in [1.29, 1.82) is 0 Å². The zero-order valence-electron chi connectivity index (χ0n) is 11.9. The molecule has 1 amide bonds. The first-order chi connectivity index (χ1) is 8.45. The Bertz CT molecular complexity index is 269. The maximum absolute atomic E-state index is 12.2. The van der Waals surface area contributed by atoms with Crippen LogP contribution in [0.1, 0.15) is 40.0 Å². The Hall–Kier alpha value is -0.610. The number of nitrogens with one attached hydrogen (secondary N) is 1. The molecule has 1 saturated carbocycles. The van der Waals surface area contributed by atoms with Crippen LogP contribution in [0.5, 0.6) is 0 Å². The van der Waals surface area contributed by atoms with E-state index in [2.05, 4.69) is 26.1 Å². The van der Waals surface area contributed by atoms with Crippen LogP contribution < -0.4 is 11.1 Å². The molecule has 0 heterocycles. The van der Waals surface area contributed by atoms with Crippen molar-refractivity contribution in [3.05, 3.63) is 0 Å². The van der Waals surface area contributed by atoms with Gasteiger partial charge in [0, 0.05) is 18.5 Å². The van der Waals surface area contributed by atoms with Crippen molar-refractivity contribution in [3.8, 4) is 0 Å². The number of nitrogens with two attached hydrogens (primary N) is 1. The summed E-state index contributed by atoms with van der Waals surface area (Å²) in [6.07, 6.45) is 3.34. The molecule has 4 N–H and O–H groups in total. The smallest absolute Gasteiger partial charge is 0.223 e. The van der Waals surface area contributed by atoms with Crippen molar-refractivity contribution in [1.82, 2.24) is 5.32 Å². The first-order valence-electron chi connectivity index (χ1n) is 7.09. The van der Waals surface area contributed by atoms with Crippen LogP contribution in [0.2, 0.25) is 0 Å². The summed E-state index contributed by atoms with van der Waals surface area (Å²) in [6.45, 7) is 6.89. The van der Waals surface area contributed by atoms with Gasteiger partial charge in [-0.25, -0.2) is 0 Å². The number of amides is 1. The number of carbonyl (C=O) groups is 1. The van der Waals surface area contributed by atoms with Gasteiger partial charge in [0.1, 0.15) is 0 Å². The Morgan fingerprint density at radius 3 is 2.67 bits per heavy atom. The lowest BCUT2D eigenvalue weighted by atomic mass is 9.70. The topological polar surface area (TPSA) is 75.4 Å². The Morgan fingerprint density at radius 1 is 1.44 bits per heavy atom. The molecule has 0 aliphatic heterocycles. The molecule has 0 aromatic rings. The van der Waals surface area contributed by atoms with Gasteiger partial charge in [-0.15, -0.1) is 0 Å². The lowest BCUT2D eigenvalue weighted by molar-refractivity contribution is -0.129. The Kier molecular flexibility index (Phi) is 6.09. The van der Waals surface area contributed by atoms with Crippen LogP contribution >= 0.6 is 0 Å². The lowest BCUT2D eigenvalue weighted by Crippen LogP contribution is -2.45. The first-order valence-corrected chi connectivity index (χ1v) is 7.09. The van der Waals surface area contributed by atoms with E-state index in [-0.39, 0.29) is 24.5 Å². The van der Waals surface area contributed by atoms with E-state index in [9.17, 15) is 4.79 Å². The molecule has 0 aromatic heterocycles. The Labute approximate surface area is 110 Å². The first kappa shape index (κ1) is 15.4. The van der Waals surface area contributed by atoms with Crippen molar-refractivity contribution in [2.24, 2.45) is 29.4 Å². The number of aliphatic hydroxyl groups is 1. The molecule has 4 nitrogen and oxygen atoms in total. The minimum atomic E-state index is -0.354. The molecule has 0 saturated heterocycles. The van der Waals surface area contributed by atoms with Gasteiger partial charge < -0.3 is 16.2 Å². The van der Waals surface area contributed by atoms with Gasteiger partial charge in [-0.05, 0) is 30.6 Å². The molecule has 4 atom stereocenters. The van der Waals surface area contributed by atoms with Crippen LogP contribution in [-0.2, 0) is 4.79 Å². The molecule has 1 aliphatic carbocycles. The Balaban J connectivity index is 2.55. The fourth-order valence-corrected chi connectivity index (χ4v) is 2.93.